The number of benzene rings is 2. The van der Waals surface area contributed by atoms with E-state index in [1.54, 1.807) is 106 Å². The molecule has 2 fully saturated rings. The molecule has 5 aromatic heterocycles. The average Bonchev–Trinajstić information content (AvgIpc) is 1.71. The number of aliphatic hydroxyl groups excluding tert-OH is 1. The summed E-state index contributed by atoms with van der Waals surface area (Å²) in [4.78, 5) is 69.5. The number of ether oxygens (including phenoxy) is 3. The van der Waals surface area contributed by atoms with Crippen LogP contribution in [0.25, 0.3) is 32.7 Å². The van der Waals surface area contributed by atoms with Crippen LogP contribution in [0.4, 0.5) is 17.6 Å². The maximum Gasteiger partial charge on any atom is 0.388 e. The van der Waals surface area contributed by atoms with E-state index in [-0.39, 0.29) is 79.7 Å². The molecule has 2 aliphatic heterocycles. The second-order valence-corrected chi connectivity index (χ2v) is 24.9. The van der Waals surface area contributed by atoms with Gasteiger partial charge in [-0.15, -0.1) is 11.3 Å². The van der Waals surface area contributed by atoms with Crippen LogP contribution in [0.5, 0.6) is 5.88 Å². The van der Waals surface area contributed by atoms with Crippen LogP contribution in [0.15, 0.2) is 109 Å². The molecule has 2 saturated heterocycles. The standard InChI is InChI=1S/C67H80F4N10O7S/c1-39(2)65(84)80-42(6)35-78(53(25-29-86-8)60-58(68)41(5)23-27-72-60)37-55(80)62(82)75-34-45-15-19-47(20-16-45)52-22-21-49-32-50(89-64(49)77-52)31-48-24-28-73-61(59(48)69)54(26-30-87-9)79-36-43(7)81(66(85)40(3)4)56(38-79)63(83)74-33-44-13-17-46(18-14-44)51-11-10-12-57(76-51)88-67(70)71/h10-24,27-28,32,39-40,42-43,53-56,62,67,75,82H,25-26,29-31,33-38H2,1-9H3,(H,74,83)/t42-,43?,53-,54-,55-,56-,62?/m1/s1. The largest absolute Gasteiger partial charge is 0.417 e. The number of carbonyl (C=O) groups is 3. The van der Waals surface area contributed by atoms with Gasteiger partial charge in [-0.05, 0) is 92.3 Å². The molecule has 474 valence electrons. The molecule has 7 atom stereocenters. The predicted molar refractivity (Wildman–Crippen MR) is 333 cm³/mol. The minimum atomic E-state index is -3.01. The molecule has 3 N–H and O–H groups in total. The number of piperazine rings is 2. The van der Waals surface area contributed by atoms with Gasteiger partial charge in [0.05, 0.1) is 40.9 Å². The Morgan fingerprint density at radius 3 is 1.89 bits per heavy atom. The number of alkyl halides is 2. The Kier molecular flexibility index (Phi) is 22.3. The normalized spacial score (nSPS) is 18.7. The molecule has 0 bridgehead atoms. The van der Waals surface area contributed by atoms with Crippen LogP contribution in [0.3, 0.4) is 0 Å². The zero-order valence-electron chi connectivity index (χ0n) is 51.8. The molecule has 0 saturated carbocycles. The minimum Gasteiger partial charge on any atom is -0.417 e. The highest BCUT2D eigenvalue weighted by Gasteiger charge is 2.44. The maximum absolute atomic E-state index is 17.2. The third-order valence-corrected chi connectivity index (χ3v) is 17.7. The second-order valence-electron chi connectivity index (χ2n) is 23.7. The number of amides is 3. The number of thiophene rings is 1. The number of nitrogens with zero attached hydrogens (tertiary/aromatic N) is 8. The van der Waals surface area contributed by atoms with Crippen molar-refractivity contribution in [3.8, 4) is 28.4 Å². The van der Waals surface area contributed by atoms with Gasteiger partial charge in [-0.25, -0.2) is 18.7 Å². The van der Waals surface area contributed by atoms with Crippen LogP contribution >= 0.6 is 11.3 Å². The lowest BCUT2D eigenvalue weighted by Crippen LogP contribution is -2.66. The molecule has 22 heteroatoms. The van der Waals surface area contributed by atoms with Crippen molar-refractivity contribution in [3.63, 3.8) is 0 Å². The molecule has 2 aliphatic rings. The van der Waals surface area contributed by atoms with E-state index < -0.39 is 54.8 Å². The van der Waals surface area contributed by atoms with Crippen LogP contribution in [0.1, 0.15) is 105 Å². The van der Waals surface area contributed by atoms with Crippen molar-refractivity contribution in [2.45, 2.75) is 130 Å². The zero-order valence-corrected chi connectivity index (χ0v) is 52.7. The van der Waals surface area contributed by atoms with Gasteiger partial charge in [0.15, 0.2) is 0 Å². The highest BCUT2D eigenvalue weighted by atomic mass is 32.1. The summed E-state index contributed by atoms with van der Waals surface area (Å²) in [6.45, 7) is 12.1. The number of nitrogens with one attached hydrogen (secondary N) is 2. The van der Waals surface area contributed by atoms with Gasteiger partial charge < -0.3 is 34.4 Å². The molecule has 7 heterocycles. The molecule has 0 radical (unpaired) electrons. The minimum absolute atomic E-state index is 0.0738. The van der Waals surface area contributed by atoms with Gasteiger partial charge in [0.25, 0.3) is 0 Å². The molecule has 17 nitrogen and oxygen atoms in total. The highest BCUT2D eigenvalue weighted by Crippen LogP contribution is 2.36. The zero-order chi connectivity index (χ0) is 63.6. The lowest BCUT2D eigenvalue weighted by Gasteiger charge is -2.50. The molecule has 2 aromatic carbocycles. The van der Waals surface area contributed by atoms with Gasteiger partial charge in [-0.1, -0.05) is 82.3 Å². The first-order valence-electron chi connectivity index (χ1n) is 30.3. The Labute approximate surface area is 521 Å². The van der Waals surface area contributed by atoms with E-state index in [0.29, 0.717) is 67.2 Å². The molecule has 9 rings (SSSR count). The van der Waals surface area contributed by atoms with Crippen LogP contribution < -0.4 is 15.4 Å². The number of pyridine rings is 4. The number of aromatic nitrogens is 4. The molecule has 0 aliphatic carbocycles. The van der Waals surface area contributed by atoms with E-state index in [1.807, 2.05) is 75.1 Å². The average molecular weight is 1250 g/mol. The van der Waals surface area contributed by atoms with Crippen LogP contribution in [-0.2, 0) is 43.4 Å². The summed E-state index contributed by atoms with van der Waals surface area (Å²) in [7, 11) is 3.18. The van der Waals surface area contributed by atoms with Crippen LogP contribution in [-0.4, -0.2) is 153 Å². The van der Waals surface area contributed by atoms with E-state index in [9.17, 15) is 28.3 Å². The van der Waals surface area contributed by atoms with Crippen molar-refractivity contribution < 1.29 is 51.3 Å². The molecular weight excluding hydrogens is 1160 g/mol. The monoisotopic (exact) mass is 1240 g/mol. The first-order valence-corrected chi connectivity index (χ1v) is 31.1. The van der Waals surface area contributed by atoms with Crippen LogP contribution in [0, 0.1) is 30.4 Å². The van der Waals surface area contributed by atoms with E-state index in [4.69, 9.17) is 14.5 Å². The number of aliphatic hydroxyl groups is 1. The smallest absolute Gasteiger partial charge is 0.388 e. The Balaban J connectivity index is 0.867. The fourth-order valence-electron chi connectivity index (χ4n) is 12.1. The number of carbonyl (C=O) groups excluding carboxylic acids is 3. The Bertz CT molecular complexity index is 3540. The van der Waals surface area contributed by atoms with Crippen molar-refractivity contribution in [1.82, 2.24) is 50.2 Å². The summed E-state index contributed by atoms with van der Waals surface area (Å²) in [6, 6.07) is 25.6. The highest BCUT2D eigenvalue weighted by molar-refractivity contribution is 7.18. The molecular formula is C67H80F4N10O7S. The van der Waals surface area contributed by atoms with E-state index in [2.05, 4.69) is 35.2 Å². The maximum atomic E-state index is 17.2. The topological polar surface area (TPSA) is 188 Å². The van der Waals surface area contributed by atoms with Crippen molar-refractivity contribution in [3.05, 3.63) is 160 Å². The number of fused-ring (bicyclic) bond motifs is 1. The Hall–Kier alpha value is -7.31. The van der Waals surface area contributed by atoms with Crippen molar-refractivity contribution in [2.24, 2.45) is 11.8 Å². The van der Waals surface area contributed by atoms with E-state index >= 15 is 8.78 Å². The van der Waals surface area contributed by atoms with Gasteiger partial charge in [-0.3, -0.25) is 39.5 Å². The number of halogens is 4. The fourth-order valence-corrected chi connectivity index (χ4v) is 13.1. The number of hydrogen-bond acceptors (Lipinski definition) is 15. The first-order chi connectivity index (χ1) is 42.7. The number of rotatable bonds is 25. The summed E-state index contributed by atoms with van der Waals surface area (Å²) in [5.41, 5.74) is 5.86. The SMILES string of the molecule is COCC[C@H](c1nccc(C)c1F)N1C[C@@H](C)N(C(=O)C(C)C)[C@@H](C(O)NCc2ccc(-c3ccc4cc(Cc5ccnc([C@@H](CCOC)N6CC(C)N(C(=O)C(C)C)[C@@H](C(=O)NCc7ccc(-c8cccc(OC(F)F)n8)cc7)C6)c5F)sc4n3)cc2)C1. The van der Waals surface area contributed by atoms with Crippen molar-refractivity contribution in [1.29, 1.82) is 0 Å². The van der Waals surface area contributed by atoms with Gasteiger partial charge in [0, 0.05) is 137 Å². The van der Waals surface area contributed by atoms with Gasteiger partial charge in [0.2, 0.25) is 23.6 Å². The number of methoxy groups -OCH3 is 2. The number of aryl methyl sites for hydroxylation is 1. The summed E-state index contributed by atoms with van der Waals surface area (Å²) in [5, 5.41) is 19.1. The van der Waals surface area contributed by atoms with Gasteiger partial charge >= 0.3 is 6.61 Å². The predicted octanol–water partition coefficient (Wildman–Crippen LogP) is 10.3. The summed E-state index contributed by atoms with van der Waals surface area (Å²) in [5.74, 6) is -2.35. The number of hydrogen-bond donors (Lipinski definition) is 3. The Morgan fingerprint density at radius 2 is 1.27 bits per heavy atom. The van der Waals surface area contributed by atoms with Crippen molar-refractivity contribution >= 4 is 39.3 Å². The van der Waals surface area contributed by atoms with E-state index in [0.717, 1.165) is 37.5 Å². The summed E-state index contributed by atoms with van der Waals surface area (Å²) in [6.07, 6.45) is 3.21. The lowest BCUT2D eigenvalue weighted by atomic mass is 9.97. The lowest BCUT2D eigenvalue weighted by molar-refractivity contribution is -0.151. The fraction of sp³-hybridized carbons (Fsp3) is 0.448. The van der Waals surface area contributed by atoms with Crippen LogP contribution in [0.2, 0.25) is 0 Å². The molecule has 7 aromatic rings. The quantitative estimate of drug-likeness (QED) is 0.0362. The van der Waals surface area contributed by atoms with E-state index in [1.165, 1.54) is 17.4 Å². The molecule has 89 heavy (non-hydrogen) atoms. The second kappa shape index (κ2) is 30.0. The van der Waals surface area contributed by atoms with Gasteiger partial charge in [0.1, 0.15) is 28.7 Å². The summed E-state index contributed by atoms with van der Waals surface area (Å²) < 4.78 is 74.1. The molecule has 0 spiro atoms. The summed E-state index contributed by atoms with van der Waals surface area (Å²) >= 11 is 1.48. The Morgan fingerprint density at radius 1 is 0.697 bits per heavy atom. The first kappa shape index (κ1) is 66.1. The van der Waals surface area contributed by atoms with Gasteiger partial charge in [-0.2, -0.15) is 8.78 Å². The third kappa shape index (κ3) is 15.8. The molecule has 2 unspecified atom stereocenters. The molecule has 3 amide bonds. The van der Waals surface area contributed by atoms with Crippen molar-refractivity contribution in [2.75, 3.05) is 53.6 Å². The third-order valence-electron chi connectivity index (χ3n) is 16.7.